The summed E-state index contributed by atoms with van der Waals surface area (Å²) in [4.78, 5) is 22.0. The van der Waals surface area contributed by atoms with E-state index in [0.717, 1.165) is 17.7 Å². The second kappa shape index (κ2) is 8.24. The Morgan fingerprint density at radius 1 is 1.41 bits per heavy atom. The first kappa shape index (κ1) is 21.5. The van der Waals surface area contributed by atoms with E-state index in [1.165, 1.54) is 0 Å². The number of halogens is 1. The van der Waals surface area contributed by atoms with Gasteiger partial charge in [-0.3, -0.25) is 19.5 Å². The van der Waals surface area contributed by atoms with Gasteiger partial charge in [0.2, 0.25) is 5.91 Å². The molecule has 2 aromatic heterocycles. The second-order valence-corrected chi connectivity index (χ2v) is 8.65. The van der Waals surface area contributed by atoms with Crippen molar-refractivity contribution in [2.45, 2.75) is 52.6 Å². The number of nitrogens with zero attached hydrogens (tertiary/aromatic N) is 4. The van der Waals surface area contributed by atoms with Crippen LogP contribution in [0.4, 0.5) is 5.82 Å². The smallest absolute Gasteiger partial charge is 0.231 e. The van der Waals surface area contributed by atoms with Gasteiger partial charge in [-0.05, 0) is 43.9 Å². The molecule has 0 radical (unpaired) electrons. The molecular weight excluding hydrogens is 388 g/mol. The van der Waals surface area contributed by atoms with Crippen LogP contribution in [0.15, 0.2) is 35.7 Å². The molecule has 0 aromatic carbocycles. The summed E-state index contributed by atoms with van der Waals surface area (Å²) in [6.45, 7) is 6.73. The van der Waals surface area contributed by atoms with Gasteiger partial charge in [0.15, 0.2) is 5.82 Å². The van der Waals surface area contributed by atoms with Gasteiger partial charge in [-0.2, -0.15) is 5.10 Å². The minimum Gasteiger partial charge on any atom is -0.327 e. The molecule has 1 saturated carbocycles. The van der Waals surface area contributed by atoms with Gasteiger partial charge in [-0.25, -0.2) is 0 Å². The minimum atomic E-state index is -0.618. The highest BCUT2D eigenvalue weighted by Gasteiger charge is 2.50. The SMILES string of the molecule is CCn1cc(Cl)c(NC(=O)C2(C)CCC(N)C(C)(C(=NC)c3ccncc3)C2)n1. The van der Waals surface area contributed by atoms with E-state index in [2.05, 4.69) is 27.3 Å². The average Bonchev–Trinajstić information content (AvgIpc) is 3.06. The number of anilines is 1. The summed E-state index contributed by atoms with van der Waals surface area (Å²) in [6, 6.07) is 3.77. The van der Waals surface area contributed by atoms with E-state index in [4.69, 9.17) is 17.3 Å². The number of nitrogens with one attached hydrogen (secondary N) is 1. The van der Waals surface area contributed by atoms with Gasteiger partial charge in [0.05, 0.1) is 0 Å². The average molecular weight is 417 g/mol. The van der Waals surface area contributed by atoms with Crippen LogP contribution in [0.3, 0.4) is 0 Å². The third-order valence-electron chi connectivity index (χ3n) is 6.12. The lowest BCUT2D eigenvalue weighted by Crippen LogP contribution is -2.55. The Balaban J connectivity index is 1.88. The molecule has 29 heavy (non-hydrogen) atoms. The van der Waals surface area contributed by atoms with Gasteiger partial charge in [-0.15, -0.1) is 0 Å². The molecule has 8 heteroatoms. The van der Waals surface area contributed by atoms with E-state index in [1.54, 1.807) is 30.3 Å². The van der Waals surface area contributed by atoms with Crippen molar-refractivity contribution < 1.29 is 4.79 Å². The number of rotatable bonds is 5. The molecule has 1 aliphatic rings. The van der Waals surface area contributed by atoms with Crippen LogP contribution in [0.1, 0.15) is 45.6 Å². The lowest BCUT2D eigenvalue weighted by molar-refractivity contribution is -0.128. The summed E-state index contributed by atoms with van der Waals surface area (Å²) in [6.07, 6.45) is 7.20. The standard InChI is InChI=1S/C21H29ClN6O/c1-5-28-12-15(22)18(27-28)26-19(29)20(2)9-6-16(23)21(3,13-20)17(24-4)14-7-10-25-11-8-14/h7-8,10-12,16H,5-6,9,13,23H2,1-4H3,(H,26,27,29). The number of aliphatic imine (C=N–C) groups is 1. The summed E-state index contributed by atoms with van der Waals surface area (Å²) in [5.41, 5.74) is 7.40. The maximum Gasteiger partial charge on any atom is 0.231 e. The summed E-state index contributed by atoms with van der Waals surface area (Å²) >= 11 is 6.24. The van der Waals surface area contributed by atoms with Gasteiger partial charge in [0.25, 0.3) is 0 Å². The zero-order chi connectivity index (χ0) is 21.2. The van der Waals surface area contributed by atoms with Gasteiger partial charge in [0.1, 0.15) is 5.02 Å². The first-order valence-corrected chi connectivity index (χ1v) is 10.3. The van der Waals surface area contributed by atoms with E-state index in [1.807, 2.05) is 26.0 Å². The Labute approximate surface area is 176 Å². The molecule has 2 heterocycles. The monoisotopic (exact) mass is 416 g/mol. The number of hydrogen-bond acceptors (Lipinski definition) is 5. The number of carbonyl (C=O) groups excluding carboxylic acids is 1. The normalized spacial score (nSPS) is 27.7. The van der Waals surface area contributed by atoms with Crippen LogP contribution in [-0.2, 0) is 11.3 Å². The van der Waals surface area contributed by atoms with E-state index >= 15 is 0 Å². The van der Waals surface area contributed by atoms with Crippen LogP contribution in [0.25, 0.3) is 0 Å². The number of nitrogens with two attached hydrogens (primary N) is 1. The molecular formula is C21H29ClN6O. The van der Waals surface area contributed by atoms with Crippen LogP contribution >= 0.6 is 11.6 Å². The number of carbonyl (C=O) groups is 1. The minimum absolute atomic E-state index is 0.0935. The van der Waals surface area contributed by atoms with Crippen molar-refractivity contribution in [3.05, 3.63) is 41.3 Å². The lowest BCUT2D eigenvalue weighted by Gasteiger charge is -2.48. The van der Waals surface area contributed by atoms with E-state index in [-0.39, 0.29) is 11.9 Å². The van der Waals surface area contributed by atoms with Crippen molar-refractivity contribution in [1.82, 2.24) is 14.8 Å². The Morgan fingerprint density at radius 2 is 2.10 bits per heavy atom. The first-order valence-electron chi connectivity index (χ1n) is 9.91. The van der Waals surface area contributed by atoms with Crippen molar-refractivity contribution in [3.8, 4) is 0 Å². The van der Waals surface area contributed by atoms with E-state index in [0.29, 0.717) is 30.2 Å². The van der Waals surface area contributed by atoms with Crippen molar-refractivity contribution in [3.63, 3.8) is 0 Å². The summed E-state index contributed by atoms with van der Waals surface area (Å²) in [5, 5.41) is 7.71. The zero-order valence-electron chi connectivity index (χ0n) is 17.4. The molecule has 3 unspecified atom stereocenters. The molecule has 0 bridgehead atoms. The quantitative estimate of drug-likeness (QED) is 0.728. The Kier molecular flexibility index (Phi) is 6.10. The predicted octanol–water partition coefficient (Wildman–Crippen LogP) is 3.53. The van der Waals surface area contributed by atoms with Crippen LogP contribution in [0.2, 0.25) is 5.02 Å². The van der Waals surface area contributed by atoms with Crippen LogP contribution in [0, 0.1) is 10.8 Å². The molecule has 1 amide bonds. The summed E-state index contributed by atoms with van der Waals surface area (Å²) in [5.74, 6) is 0.305. The zero-order valence-corrected chi connectivity index (χ0v) is 18.2. The number of hydrogen-bond donors (Lipinski definition) is 2. The molecule has 3 N–H and O–H groups in total. The first-order chi connectivity index (χ1) is 13.7. The highest BCUT2D eigenvalue weighted by Crippen LogP contribution is 2.48. The third-order valence-corrected chi connectivity index (χ3v) is 6.40. The summed E-state index contributed by atoms with van der Waals surface area (Å²) in [7, 11) is 1.77. The lowest BCUT2D eigenvalue weighted by atomic mass is 9.58. The molecule has 0 saturated heterocycles. The maximum absolute atomic E-state index is 13.3. The molecule has 1 aliphatic carbocycles. The Morgan fingerprint density at radius 3 is 2.69 bits per heavy atom. The van der Waals surface area contributed by atoms with Gasteiger partial charge >= 0.3 is 0 Å². The second-order valence-electron chi connectivity index (χ2n) is 8.24. The van der Waals surface area contributed by atoms with Crippen molar-refractivity contribution in [1.29, 1.82) is 0 Å². The Bertz CT molecular complexity index is 911. The van der Waals surface area contributed by atoms with E-state index < -0.39 is 10.8 Å². The van der Waals surface area contributed by atoms with Crippen molar-refractivity contribution in [2.75, 3.05) is 12.4 Å². The molecule has 3 atom stereocenters. The van der Waals surface area contributed by atoms with Crippen LogP contribution < -0.4 is 11.1 Å². The van der Waals surface area contributed by atoms with E-state index in [9.17, 15) is 4.79 Å². The fraction of sp³-hybridized carbons (Fsp3) is 0.524. The molecule has 1 fully saturated rings. The highest BCUT2D eigenvalue weighted by atomic mass is 35.5. The molecule has 156 valence electrons. The third kappa shape index (κ3) is 4.07. The topological polar surface area (TPSA) is 98.2 Å². The molecule has 2 aromatic rings. The molecule has 0 aliphatic heterocycles. The number of aryl methyl sites for hydroxylation is 1. The molecule has 7 nitrogen and oxygen atoms in total. The number of pyridine rings is 1. The van der Waals surface area contributed by atoms with Crippen molar-refractivity contribution >= 4 is 29.0 Å². The largest absolute Gasteiger partial charge is 0.327 e. The molecule has 3 rings (SSSR count). The fourth-order valence-electron chi connectivity index (χ4n) is 4.40. The van der Waals surface area contributed by atoms with Gasteiger partial charge in [0, 0.05) is 54.8 Å². The maximum atomic E-state index is 13.3. The van der Waals surface area contributed by atoms with Crippen LogP contribution in [0.5, 0.6) is 0 Å². The fourth-order valence-corrected chi connectivity index (χ4v) is 4.60. The van der Waals surface area contributed by atoms with Crippen molar-refractivity contribution in [2.24, 2.45) is 21.6 Å². The summed E-state index contributed by atoms with van der Waals surface area (Å²) < 4.78 is 1.70. The molecule has 0 spiro atoms. The van der Waals surface area contributed by atoms with Gasteiger partial charge < -0.3 is 11.1 Å². The van der Waals surface area contributed by atoms with Crippen LogP contribution in [-0.4, -0.2) is 39.5 Å². The highest BCUT2D eigenvalue weighted by molar-refractivity contribution is 6.33. The Hall–Kier alpha value is -2.25. The number of aromatic nitrogens is 3. The predicted molar refractivity (Wildman–Crippen MR) is 116 cm³/mol. The van der Waals surface area contributed by atoms with Gasteiger partial charge in [-0.1, -0.05) is 25.4 Å². The number of amides is 1.